The number of nitrogens with zero attached hydrogens (tertiary/aromatic N) is 2. The molecule has 0 saturated heterocycles. The van der Waals surface area contributed by atoms with E-state index in [0.29, 0.717) is 6.54 Å². The Bertz CT molecular complexity index is 943. The highest BCUT2D eigenvalue weighted by Gasteiger charge is 2.20. The van der Waals surface area contributed by atoms with Gasteiger partial charge in [-0.1, -0.05) is 25.1 Å². The summed E-state index contributed by atoms with van der Waals surface area (Å²) in [5.41, 5.74) is 3.32. The zero-order chi connectivity index (χ0) is 22.3. The van der Waals surface area contributed by atoms with Crippen molar-refractivity contribution in [3.05, 3.63) is 63.2 Å². The number of carbonyl (C=O) groups excluding carboxylic acids is 2. The molecule has 30 heavy (non-hydrogen) atoms. The highest BCUT2D eigenvalue weighted by molar-refractivity contribution is 5.96. The van der Waals surface area contributed by atoms with Gasteiger partial charge in [-0.3, -0.25) is 24.6 Å². The number of carbonyl (C=O) groups is 2. The summed E-state index contributed by atoms with van der Waals surface area (Å²) >= 11 is 0. The average molecular weight is 412 g/mol. The highest BCUT2D eigenvalue weighted by Crippen LogP contribution is 2.27. The number of rotatable bonds is 9. The summed E-state index contributed by atoms with van der Waals surface area (Å²) in [6.07, 6.45) is 0.759. The van der Waals surface area contributed by atoms with Crippen molar-refractivity contribution in [2.75, 3.05) is 30.3 Å². The summed E-state index contributed by atoms with van der Waals surface area (Å²) in [7, 11) is 0. The topological polar surface area (TPSA) is 105 Å². The lowest BCUT2D eigenvalue weighted by Crippen LogP contribution is -2.39. The van der Waals surface area contributed by atoms with Crippen molar-refractivity contribution >= 4 is 28.9 Å². The monoisotopic (exact) mass is 412 g/mol. The van der Waals surface area contributed by atoms with Crippen LogP contribution in [0.1, 0.15) is 30.0 Å². The Balaban J connectivity index is 2.05. The van der Waals surface area contributed by atoms with Crippen LogP contribution in [0.3, 0.4) is 0 Å². The molecule has 8 heteroatoms. The third-order valence-corrected chi connectivity index (χ3v) is 4.78. The number of nitrogens with one attached hydrogen (secondary N) is 2. The maximum absolute atomic E-state index is 12.6. The Kier molecular flexibility index (Phi) is 8.06. The Morgan fingerprint density at radius 2 is 1.50 bits per heavy atom. The molecule has 2 aromatic rings. The van der Waals surface area contributed by atoms with Gasteiger partial charge in [-0.25, -0.2) is 0 Å². The van der Waals surface area contributed by atoms with Crippen LogP contribution in [0, 0.1) is 30.9 Å². The number of nitro groups is 1. The van der Waals surface area contributed by atoms with E-state index in [2.05, 4.69) is 10.6 Å². The molecule has 2 rings (SSSR count). The molecule has 0 unspecified atom stereocenters. The third-order valence-electron chi connectivity index (χ3n) is 4.78. The zero-order valence-electron chi connectivity index (χ0n) is 17.8. The first kappa shape index (κ1) is 23.0. The van der Waals surface area contributed by atoms with Crippen molar-refractivity contribution in [2.45, 2.75) is 34.1 Å². The molecule has 2 amide bonds. The lowest BCUT2D eigenvalue weighted by molar-refractivity contribution is -0.384. The molecule has 8 nitrogen and oxygen atoms in total. The fourth-order valence-corrected chi connectivity index (χ4v) is 3.08. The average Bonchev–Trinajstić information content (AvgIpc) is 2.66. The Labute approximate surface area is 176 Å². The number of hydrogen-bond donors (Lipinski definition) is 2. The Hall–Kier alpha value is -3.26. The number of hydrogen-bond acceptors (Lipinski definition) is 5. The molecule has 2 N–H and O–H groups in total. The third kappa shape index (κ3) is 6.38. The van der Waals surface area contributed by atoms with Crippen molar-refractivity contribution in [1.29, 1.82) is 0 Å². The minimum atomic E-state index is -0.512. The van der Waals surface area contributed by atoms with E-state index in [4.69, 9.17) is 0 Å². The first-order chi connectivity index (χ1) is 14.2. The maximum atomic E-state index is 12.6. The molecule has 0 aliphatic heterocycles. The number of benzene rings is 2. The molecule has 0 fully saturated rings. The fourth-order valence-electron chi connectivity index (χ4n) is 3.08. The lowest BCUT2D eigenvalue weighted by atomic mass is 10.1. The largest absolute Gasteiger partial charge is 0.325 e. The number of aryl methyl sites for hydroxylation is 3. The number of para-hydroxylation sites is 1. The smallest absolute Gasteiger partial charge is 0.293 e. The SMILES string of the molecule is CCCN(CC(=O)Nc1ccccc1C)CC(=O)Nc1cc(C)c(C)cc1[N+](=O)[O-]. The minimum absolute atomic E-state index is 0.0425. The van der Waals surface area contributed by atoms with Crippen LogP contribution < -0.4 is 10.6 Å². The molecule has 0 saturated carbocycles. The normalized spacial score (nSPS) is 10.7. The van der Waals surface area contributed by atoms with Crippen LogP contribution in [0.15, 0.2) is 36.4 Å². The van der Waals surface area contributed by atoms with E-state index in [1.807, 2.05) is 45.0 Å². The van der Waals surface area contributed by atoms with Crippen molar-refractivity contribution < 1.29 is 14.5 Å². The van der Waals surface area contributed by atoms with E-state index in [9.17, 15) is 19.7 Å². The van der Waals surface area contributed by atoms with Gasteiger partial charge < -0.3 is 10.6 Å². The van der Waals surface area contributed by atoms with Gasteiger partial charge in [0.25, 0.3) is 5.69 Å². The quantitative estimate of drug-likeness (QED) is 0.481. The van der Waals surface area contributed by atoms with Crippen LogP contribution in [0.4, 0.5) is 17.1 Å². The van der Waals surface area contributed by atoms with Crippen molar-refractivity contribution in [2.24, 2.45) is 0 Å². The number of anilines is 2. The molecule has 0 atom stereocenters. The maximum Gasteiger partial charge on any atom is 0.293 e. The van der Waals surface area contributed by atoms with E-state index in [1.54, 1.807) is 17.9 Å². The molecule has 0 bridgehead atoms. The van der Waals surface area contributed by atoms with Gasteiger partial charge in [-0.05, 0) is 62.6 Å². The first-order valence-corrected chi connectivity index (χ1v) is 9.84. The van der Waals surface area contributed by atoms with Gasteiger partial charge in [0, 0.05) is 11.8 Å². The minimum Gasteiger partial charge on any atom is -0.325 e. The van der Waals surface area contributed by atoms with Gasteiger partial charge in [0.2, 0.25) is 11.8 Å². The Morgan fingerprint density at radius 1 is 0.933 bits per heavy atom. The second-order valence-corrected chi connectivity index (χ2v) is 7.33. The van der Waals surface area contributed by atoms with Gasteiger partial charge >= 0.3 is 0 Å². The lowest BCUT2D eigenvalue weighted by Gasteiger charge is -2.21. The highest BCUT2D eigenvalue weighted by atomic mass is 16.6. The van der Waals surface area contributed by atoms with Crippen LogP contribution in [-0.4, -0.2) is 41.3 Å². The summed E-state index contributed by atoms with van der Waals surface area (Å²) in [4.78, 5) is 37.5. The van der Waals surface area contributed by atoms with Crippen LogP contribution in [-0.2, 0) is 9.59 Å². The van der Waals surface area contributed by atoms with Crippen molar-refractivity contribution in [3.8, 4) is 0 Å². The van der Waals surface area contributed by atoms with Gasteiger partial charge in [-0.2, -0.15) is 0 Å². The molecule has 0 aromatic heterocycles. The van der Waals surface area contributed by atoms with Gasteiger partial charge in [0.1, 0.15) is 5.69 Å². The fraction of sp³-hybridized carbons (Fsp3) is 0.364. The predicted octanol–water partition coefficient (Wildman–Crippen LogP) is 3.81. The summed E-state index contributed by atoms with van der Waals surface area (Å²) in [5.74, 6) is -0.624. The second-order valence-electron chi connectivity index (χ2n) is 7.33. The first-order valence-electron chi connectivity index (χ1n) is 9.84. The number of amides is 2. The number of nitro benzene ring substituents is 1. The second kappa shape index (κ2) is 10.5. The van der Waals surface area contributed by atoms with Gasteiger partial charge in [-0.15, -0.1) is 0 Å². The van der Waals surface area contributed by atoms with Crippen molar-refractivity contribution in [3.63, 3.8) is 0 Å². The predicted molar refractivity (Wildman–Crippen MR) is 118 cm³/mol. The van der Waals surface area contributed by atoms with Crippen LogP contribution in [0.5, 0.6) is 0 Å². The van der Waals surface area contributed by atoms with E-state index in [0.717, 1.165) is 28.8 Å². The van der Waals surface area contributed by atoms with E-state index < -0.39 is 10.8 Å². The van der Waals surface area contributed by atoms with Crippen molar-refractivity contribution in [1.82, 2.24) is 4.90 Å². The van der Waals surface area contributed by atoms with Crippen LogP contribution in [0.2, 0.25) is 0 Å². The molecule has 160 valence electrons. The van der Waals surface area contributed by atoms with Gasteiger partial charge in [0.15, 0.2) is 0 Å². The molecule has 0 aliphatic carbocycles. The standard InChI is InChI=1S/C22H28N4O4/c1-5-10-25(13-21(27)23-18-9-7-6-8-15(18)2)14-22(28)24-19-11-16(3)17(4)12-20(19)26(29)30/h6-9,11-12H,5,10,13-14H2,1-4H3,(H,23,27)(H,24,28). The molecule has 0 spiro atoms. The summed E-state index contributed by atoms with van der Waals surface area (Å²) < 4.78 is 0. The Morgan fingerprint density at radius 3 is 2.07 bits per heavy atom. The van der Waals surface area contributed by atoms with Crippen LogP contribution in [0.25, 0.3) is 0 Å². The zero-order valence-corrected chi connectivity index (χ0v) is 17.8. The van der Waals surface area contributed by atoms with E-state index in [-0.39, 0.29) is 30.4 Å². The molecular formula is C22H28N4O4. The summed E-state index contributed by atoms with van der Waals surface area (Å²) in [6, 6.07) is 10.5. The molecule has 0 heterocycles. The van der Waals surface area contributed by atoms with Gasteiger partial charge in [0.05, 0.1) is 18.0 Å². The molecular weight excluding hydrogens is 384 g/mol. The van der Waals surface area contributed by atoms with E-state index in [1.165, 1.54) is 6.07 Å². The van der Waals surface area contributed by atoms with E-state index >= 15 is 0 Å². The molecule has 2 aromatic carbocycles. The summed E-state index contributed by atoms with van der Waals surface area (Å²) in [6.45, 7) is 8.02. The van der Waals surface area contributed by atoms with Crippen LogP contribution >= 0.6 is 0 Å². The summed E-state index contributed by atoms with van der Waals surface area (Å²) in [5, 5.41) is 16.8. The molecule has 0 radical (unpaired) electrons. The molecule has 0 aliphatic rings.